The molecule has 0 fully saturated rings. The van der Waals surface area contributed by atoms with Gasteiger partial charge in [-0.1, -0.05) is 54.6 Å². The fourth-order valence-electron chi connectivity index (χ4n) is 4.61. The van der Waals surface area contributed by atoms with Crippen LogP contribution in [0.3, 0.4) is 0 Å². The highest BCUT2D eigenvalue weighted by atomic mass is 16.5. The first-order valence-corrected chi connectivity index (χ1v) is 10.2. The second-order valence-electron chi connectivity index (χ2n) is 8.31. The summed E-state index contributed by atoms with van der Waals surface area (Å²) in [4.78, 5) is 15.1. The summed E-state index contributed by atoms with van der Waals surface area (Å²) in [6.45, 7) is 4.54. The van der Waals surface area contributed by atoms with Gasteiger partial charge in [0.05, 0.1) is 5.41 Å². The van der Waals surface area contributed by atoms with E-state index in [1.807, 2.05) is 66.7 Å². The van der Waals surface area contributed by atoms with E-state index >= 15 is 0 Å². The molecule has 1 spiro atoms. The van der Waals surface area contributed by atoms with Crippen molar-refractivity contribution in [3.05, 3.63) is 96.1 Å². The summed E-state index contributed by atoms with van der Waals surface area (Å²) in [6.07, 6.45) is 4.21. The monoisotopic (exact) mass is 396 g/mol. The zero-order valence-corrected chi connectivity index (χ0v) is 17.1. The minimum atomic E-state index is -0.793. The van der Waals surface area contributed by atoms with Crippen LogP contribution in [0.25, 0.3) is 6.08 Å². The van der Waals surface area contributed by atoms with E-state index in [9.17, 15) is 4.79 Å². The molecular weight excluding hydrogens is 372 g/mol. The van der Waals surface area contributed by atoms with Crippen molar-refractivity contribution in [2.45, 2.75) is 25.0 Å². The van der Waals surface area contributed by atoms with E-state index in [0.717, 1.165) is 22.7 Å². The number of rotatable bonds is 3. The zero-order chi connectivity index (χ0) is 20.8. The lowest BCUT2D eigenvalue weighted by Gasteiger charge is -2.46. The molecule has 0 radical (unpaired) electrons. The molecule has 4 heteroatoms. The van der Waals surface area contributed by atoms with Gasteiger partial charge < -0.3 is 15.0 Å². The maximum Gasteiger partial charge on any atom is 0.244 e. The van der Waals surface area contributed by atoms with Crippen LogP contribution in [0.1, 0.15) is 25.0 Å². The third-order valence-electron chi connectivity index (χ3n) is 6.20. The Morgan fingerprint density at radius 3 is 2.47 bits per heavy atom. The average molecular weight is 396 g/mol. The smallest absolute Gasteiger partial charge is 0.244 e. The Hall–Kier alpha value is -3.53. The van der Waals surface area contributed by atoms with E-state index in [4.69, 9.17) is 4.74 Å². The van der Waals surface area contributed by atoms with Gasteiger partial charge in [0.2, 0.25) is 11.6 Å². The number of nitrogens with zero attached hydrogens (tertiary/aromatic N) is 1. The number of carbonyl (C=O) groups excluding carboxylic acids is 1. The van der Waals surface area contributed by atoms with Crippen LogP contribution in [0, 0.1) is 0 Å². The third-order valence-corrected chi connectivity index (χ3v) is 6.20. The summed E-state index contributed by atoms with van der Waals surface area (Å²) in [5.41, 5.74) is 2.87. The van der Waals surface area contributed by atoms with Gasteiger partial charge in [-0.15, -0.1) is 0 Å². The van der Waals surface area contributed by atoms with E-state index in [2.05, 4.69) is 48.3 Å². The molecule has 1 amide bonds. The Kier molecular flexibility index (Phi) is 4.17. The van der Waals surface area contributed by atoms with Crippen molar-refractivity contribution in [3.8, 4) is 5.75 Å². The standard InChI is InChI=1S/C26H24N2O2/c1-25(2)21-13-7-8-14-22(21)28(18-24(29)27-20-11-4-3-5-12-20)26(25)17-16-19-10-6-9-15-23(19)30-26/h3-17H,18H2,1-2H3,(H,27,29)/t26-/m1/s1. The minimum Gasteiger partial charge on any atom is -0.463 e. The van der Waals surface area contributed by atoms with Crippen molar-refractivity contribution in [2.75, 3.05) is 16.8 Å². The number of fused-ring (bicyclic) bond motifs is 2. The van der Waals surface area contributed by atoms with Crippen molar-refractivity contribution < 1.29 is 9.53 Å². The average Bonchev–Trinajstić information content (AvgIpc) is 2.93. The molecule has 4 nitrogen and oxygen atoms in total. The van der Waals surface area contributed by atoms with E-state index in [1.165, 1.54) is 5.56 Å². The fourth-order valence-corrected chi connectivity index (χ4v) is 4.61. The molecule has 150 valence electrons. The fraction of sp³-hybridized carbons (Fsp3) is 0.192. The van der Waals surface area contributed by atoms with Gasteiger partial charge in [-0.25, -0.2) is 0 Å². The lowest BCUT2D eigenvalue weighted by Crippen LogP contribution is -2.61. The molecular formula is C26H24N2O2. The number of hydrogen-bond donors (Lipinski definition) is 1. The first kappa shape index (κ1) is 18.5. The van der Waals surface area contributed by atoms with Crippen LogP contribution in [0.4, 0.5) is 11.4 Å². The summed E-state index contributed by atoms with van der Waals surface area (Å²) in [5.74, 6) is 0.748. The molecule has 0 saturated carbocycles. The van der Waals surface area contributed by atoms with Crippen molar-refractivity contribution in [2.24, 2.45) is 0 Å². The molecule has 5 rings (SSSR count). The van der Waals surface area contributed by atoms with Crippen LogP contribution in [0.15, 0.2) is 84.9 Å². The normalized spacial score (nSPS) is 20.4. The number of ether oxygens (including phenoxy) is 1. The number of anilines is 2. The van der Waals surface area contributed by atoms with Gasteiger partial charge in [0.25, 0.3) is 0 Å². The van der Waals surface area contributed by atoms with E-state index < -0.39 is 5.72 Å². The van der Waals surface area contributed by atoms with Crippen LogP contribution >= 0.6 is 0 Å². The van der Waals surface area contributed by atoms with Crippen molar-refractivity contribution in [1.29, 1.82) is 0 Å². The number of para-hydroxylation sites is 3. The highest BCUT2D eigenvalue weighted by Gasteiger charge is 2.59. The second kappa shape index (κ2) is 6.77. The van der Waals surface area contributed by atoms with E-state index in [0.29, 0.717) is 0 Å². The number of amides is 1. The maximum atomic E-state index is 13.0. The van der Waals surface area contributed by atoms with E-state index in [1.54, 1.807) is 0 Å². The molecule has 1 N–H and O–H groups in total. The Bertz CT molecular complexity index is 1140. The third kappa shape index (κ3) is 2.71. The van der Waals surface area contributed by atoms with Gasteiger partial charge >= 0.3 is 0 Å². The van der Waals surface area contributed by atoms with Crippen molar-refractivity contribution >= 4 is 23.4 Å². The predicted molar refractivity (Wildman–Crippen MR) is 121 cm³/mol. The molecule has 0 aromatic heterocycles. The Morgan fingerprint density at radius 2 is 1.63 bits per heavy atom. The van der Waals surface area contributed by atoms with Crippen molar-refractivity contribution in [3.63, 3.8) is 0 Å². The summed E-state index contributed by atoms with van der Waals surface area (Å²) in [6, 6.07) is 25.8. The summed E-state index contributed by atoms with van der Waals surface area (Å²) in [5, 5.41) is 3.01. The first-order valence-electron chi connectivity index (χ1n) is 10.2. The molecule has 2 heterocycles. The lowest BCUT2D eigenvalue weighted by molar-refractivity contribution is -0.115. The van der Waals surface area contributed by atoms with Crippen LogP contribution in [0.5, 0.6) is 5.75 Å². The van der Waals surface area contributed by atoms with Crippen LogP contribution in [0.2, 0.25) is 0 Å². The largest absolute Gasteiger partial charge is 0.463 e. The van der Waals surface area contributed by atoms with Crippen molar-refractivity contribution in [1.82, 2.24) is 0 Å². The van der Waals surface area contributed by atoms with E-state index in [-0.39, 0.29) is 17.9 Å². The van der Waals surface area contributed by atoms with Crippen LogP contribution in [-0.2, 0) is 10.2 Å². The van der Waals surface area contributed by atoms with Gasteiger partial charge in [0, 0.05) is 16.9 Å². The molecule has 0 unspecified atom stereocenters. The van der Waals surface area contributed by atoms with Crippen LogP contribution in [-0.4, -0.2) is 18.2 Å². The summed E-state index contributed by atoms with van der Waals surface area (Å²) in [7, 11) is 0. The molecule has 2 aliphatic heterocycles. The molecule has 0 bridgehead atoms. The van der Waals surface area contributed by atoms with Gasteiger partial charge in [0.1, 0.15) is 12.3 Å². The molecule has 3 aromatic rings. The predicted octanol–water partition coefficient (Wildman–Crippen LogP) is 5.23. The Balaban J connectivity index is 1.56. The van der Waals surface area contributed by atoms with Gasteiger partial charge in [-0.05, 0) is 55.8 Å². The van der Waals surface area contributed by atoms with Gasteiger partial charge in [-0.3, -0.25) is 4.79 Å². The van der Waals surface area contributed by atoms with Gasteiger partial charge in [-0.2, -0.15) is 0 Å². The molecule has 3 aromatic carbocycles. The Morgan fingerprint density at radius 1 is 0.933 bits per heavy atom. The number of nitrogens with one attached hydrogen (secondary N) is 1. The minimum absolute atomic E-state index is 0.0797. The SMILES string of the molecule is CC1(C)c2ccccc2N(CC(=O)Nc2ccccc2)[C@@]12C=Cc1ccccc1O2. The molecule has 0 aliphatic carbocycles. The maximum absolute atomic E-state index is 13.0. The highest BCUT2D eigenvalue weighted by molar-refractivity contribution is 5.95. The molecule has 0 saturated heterocycles. The Labute approximate surface area is 176 Å². The lowest BCUT2D eigenvalue weighted by atomic mass is 9.76. The second-order valence-corrected chi connectivity index (χ2v) is 8.31. The molecule has 1 atom stereocenters. The zero-order valence-electron chi connectivity index (χ0n) is 17.1. The van der Waals surface area contributed by atoms with Gasteiger partial charge in [0.15, 0.2) is 0 Å². The number of hydrogen-bond acceptors (Lipinski definition) is 3. The topological polar surface area (TPSA) is 41.6 Å². The summed E-state index contributed by atoms with van der Waals surface area (Å²) < 4.78 is 6.70. The number of carbonyl (C=O) groups is 1. The summed E-state index contributed by atoms with van der Waals surface area (Å²) >= 11 is 0. The molecule has 2 aliphatic rings. The quantitative estimate of drug-likeness (QED) is 0.660. The first-order chi connectivity index (χ1) is 14.5. The highest BCUT2D eigenvalue weighted by Crippen LogP contribution is 2.54. The number of benzene rings is 3. The van der Waals surface area contributed by atoms with Crippen LogP contribution < -0.4 is 15.0 Å². The molecule has 30 heavy (non-hydrogen) atoms.